The maximum atomic E-state index is 11.4. The quantitative estimate of drug-likeness (QED) is 0.480. The Morgan fingerprint density at radius 1 is 1.26 bits per heavy atom. The molecular formula is C12H10N4O3. The van der Waals surface area contributed by atoms with Crippen molar-refractivity contribution in [3.63, 3.8) is 0 Å². The minimum atomic E-state index is -0.674. The van der Waals surface area contributed by atoms with Crippen LogP contribution in [0.25, 0.3) is 21.3 Å². The molecule has 1 aromatic carbocycles. The average molecular weight is 258 g/mol. The van der Waals surface area contributed by atoms with Gasteiger partial charge in [-0.1, -0.05) is 0 Å². The summed E-state index contributed by atoms with van der Waals surface area (Å²) in [5.41, 5.74) is 9.11. The van der Waals surface area contributed by atoms with Crippen LogP contribution in [0, 0.1) is 0 Å². The van der Waals surface area contributed by atoms with Crippen LogP contribution in [0.3, 0.4) is 0 Å². The fourth-order valence-corrected chi connectivity index (χ4v) is 1.67. The fraction of sp³-hybridized carbons (Fsp3) is 0.167. The molecule has 19 heavy (non-hydrogen) atoms. The van der Waals surface area contributed by atoms with Crippen LogP contribution in [0.5, 0.6) is 11.5 Å². The molecule has 0 fully saturated rings. The molecule has 0 radical (unpaired) electrons. The Morgan fingerprint density at radius 3 is 2.58 bits per heavy atom. The van der Waals surface area contributed by atoms with Gasteiger partial charge in [0.1, 0.15) is 0 Å². The maximum Gasteiger partial charge on any atom is 0.250 e. The van der Waals surface area contributed by atoms with Gasteiger partial charge in [0.15, 0.2) is 11.5 Å². The molecule has 0 atom stereocenters. The van der Waals surface area contributed by atoms with Gasteiger partial charge in [-0.3, -0.25) is 9.78 Å². The van der Waals surface area contributed by atoms with Crippen LogP contribution in [0.2, 0.25) is 0 Å². The van der Waals surface area contributed by atoms with Gasteiger partial charge in [0.2, 0.25) is 0 Å². The van der Waals surface area contributed by atoms with Gasteiger partial charge in [-0.15, -0.1) is 0 Å². The molecule has 0 aliphatic heterocycles. The normalized spacial score (nSPS) is 9.79. The van der Waals surface area contributed by atoms with Gasteiger partial charge in [-0.2, -0.15) is 0 Å². The highest BCUT2D eigenvalue weighted by molar-refractivity contribution is 5.98. The molecule has 0 spiro atoms. The summed E-state index contributed by atoms with van der Waals surface area (Å²) in [7, 11) is 3.05. The number of pyridine rings is 1. The lowest BCUT2D eigenvalue weighted by atomic mass is 10.1. The zero-order valence-electron chi connectivity index (χ0n) is 10.3. The Balaban J connectivity index is 2.59. The molecule has 2 rings (SSSR count). The minimum absolute atomic E-state index is 0.220. The number of methoxy groups -OCH3 is 2. The molecular weight excluding hydrogens is 248 g/mol. The molecule has 0 saturated heterocycles. The van der Waals surface area contributed by atoms with Crippen LogP contribution in [0.1, 0.15) is 10.4 Å². The molecule has 0 bridgehead atoms. The van der Waals surface area contributed by atoms with Gasteiger partial charge < -0.3 is 9.47 Å². The van der Waals surface area contributed by atoms with E-state index < -0.39 is 5.91 Å². The number of benzene rings is 1. The average Bonchev–Trinajstić information content (AvgIpc) is 2.45. The first kappa shape index (κ1) is 12.7. The van der Waals surface area contributed by atoms with Crippen LogP contribution in [-0.2, 0) is 0 Å². The molecule has 7 nitrogen and oxygen atoms in total. The monoisotopic (exact) mass is 258 g/mol. The summed E-state index contributed by atoms with van der Waals surface area (Å²) in [6.45, 7) is 0. The lowest BCUT2D eigenvalue weighted by molar-refractivity contribution is 0.1000. The summed E-state index contributed by atoms with van der Waals surface area (Å²) in [5.74, 6) is 0.411. The largest absolute Gasteiger partial charge is 0.493 e. The van der Waals surface area contributed by atoms with Crippen molar-refractivity contribution in [2.45, 2.75) is 0 Å². The van der Waals surface area contributed by atoms with Gasteiger partial charge in [0.25, 0.3) is 5.91 Å². The topological polar surface area (TPSA) is 97.2 Å². The highest BCUT2D eigenvalue weighted by Gasteiger charge is 2.09. The first-order valence-electron chi connectivity index (χ1n) is 5.31. The molecule has 0 N–H and O–H groups in total. The molecule has 1 amide bonds. The summed E-state index contributed by atoms with van der Waals surface area (Å²) in [6.07, 6.45) is 1.35. The fourth-order valence-electron chi connectivity index (χ4n) is 1.67. The van der Waals surface area contributed by atoms with Crippen molar-refractivity contribution in [1.82, 2.24) is 4.98 Å². The van der Waals surface area contributed by atoms with Crippen molar-refractivity contribution in [2.75, 3.05) is 14.2 Å². The van der Waals surface area contributed by atoms with E-state index in [9.17, 15) is 4.79 Å². The van der Waals surface area contributed by atoms with E-state index in [0.717, 1.165) is 0 Å². The predicted molar refractivity (Wildman–Crippen MR) is 68.3 cm³/mol. The van der Waals surface area contributed by atoms with Crippen LogP contribution in [-0.4, -0.2) is 25.1 Å². The zero-order valence-corrected chi connectivity index (χ0v) is 10.3. The van der Waals surface area contributed by atoms with Crippen LogP contribution < -0.4 is 9.47 Å². The third-order valence-electron chi connectivity index (χ3n) is 2.57. The first-order chi connectivity index (χ1) is 9.19. The van der Waals surface area contributed by atoms with Gasteiger partial charge >= 0.3 is 0 Å². The van der Waals surface area contributed by atoms with Gasteiger partial charge in [-0.05, 0) is 22.8 Å². The molecule has 7 heteroatoms. The molecule has 1 aromatic heterocycles. The Hall–Kier alpha value is -2.79. The first-order valence-corrected chi connectivity index (χ1v) is 5.31. The third kappa shape index (κ3) is 2.41. The highest BCUT2D eigenvalue weighted by Crippen LogP contribution is 2.31. The molecule has 0 aliphatic carbocycles. The number of nitrogens with zero attached hydrogens (tertiary/aromatic N) is 4. The van der Waals surface area contributed by atoms with Crippen LogP contribution in [0.4, 0.5) is 0 Å². The summed E-state index contributed by atoms with van der Waals surface area (Å²) in [4.78, 5) is 18.0. The number of amides is 1. The minimum Gasteiger partial charge on any atom is -0.493 e. The highest BCUT2D eigenvalue weighted by atomic mass is 16.5. The molecule has 0 unspecified atom stereocenters. The number of carbonyl (C=O) groups excluding carboxylic acids is 1. The second-order valence-electron chi connectivity index (χ2n) is 3.62. The van der Waals surface area contributed by atoms with Crippen molar-refractivity contribution < 1.29 is 14.3 Å². The predicted octanol–water partition coefficient (Wildman–Crippen LogP) is 2.70. The molecule has 2 aromatic rings. The van der Waals surface area contributed by atoms with E-state index in [2.05, 4.69) is 15.0 Å². The number of aromatic nitrogens is 1. The summed E-state index contributed by atoms with van der Waals surface area (Å²) in [6, 6.07) is 4.99. The number of azide groups is 1. The Bertz CT molecular complexity index is 693. The number of rotatable bonds is 3. The molecule has 0 aliphatic rings. The van der Waals surface area contributed by atoms with Gasteiger partial charge in [-0.25, -0.2) is 0 Å². The van der Waals surface area contributed by atoms with Crippen LogP contribution >= 0.6 is 0 Å². The van der Waals surface area contributed by atoms with E-state index >= 15 is 0 Å². The van der Waals surface area contributed by atoms with Crippen molar-refractivity contribution >= 4 is 16.8 Å². The molecule has 1 heterocycles. The van der Waals surface area contributed by atoms with Crippen molar-refractivity contribution in [3.8, 4) is 11.5 Å². The van der Waals surface area contributed by atoms with E-state index in [1.165, 1.54) is 20.4 Å². The lowest BCUT2D eigenvalue weighted by Crippen LogP contribution is -1.96. The second kappa shape index (κ2) is 5.24. The number of hydrogen-bond acceptors (Lipinski definition) is 4. The number of ether oxygens (including phenoxy) is 2. The van der Waals surface area contributed by atoms with E-state index in [1.807, 2.05) is 0 Å². The van der Waals surface area contributed by atoms with E-state index in [4.69, 9.17) is 15.0 Å². The van der Waals surface area contributed by atoms with Crippen molar-refractivity contribution in [3.05, 3.63) is 40.4 Å². The SMILES string of the molecule is COc1cc2cc(C(=O)N=[N+]=[N-])cnc2cc1OC. The summed E-state index contributed by atoms with van der Waals surface area (Å²) < 4.78 is 10.3. The Labute approximate surface area is 108 Å². The Kier molecular flexibility index (Phi) is 3.49. The zero-order chi connectivity index (χ0) is 13.8. The smallest absolute Gasteiger partial charge is 0.250 e. The third-order valence-corrected chi connectivity index (χ3v) is 2.57. The van der Waals surface area contributed by atoms with Crippen LogP contribution in [0.15, 0.2) is 29.5 Å². The summed E-state index contributed by atoms with van der Waals surface area (Å²) in [5, 5.41) is 3.71. The lowest BCUT2D eigenvalue weighted by Gasteiger charge is -2.09. The number of carbonyl (C=O) groups is 1. The van der Waals surface area contributed by atoms with E-state index in [-0.39, 0.29) is 5.56 Å². The number of fused-ring (bicyclic) bond motifs is 1. The molecule has 0 saturated carbocycles. The summed E-state index contributed by atoms with van der Waals surface area (Å²) >= 11 is 0. The standard InChI is InChI=1S/C12H10N4O3/c1-18-10-4-7-3-8(12(17)15-16-13)6-14-9(7)5-11(10)19-2/h3-6H,1-2H3. The second-order valence-corrected chi connectivity index (χ2v) is 3.62. The van der Waals surface area contributed by atoms with E-state index in [1.54, 1.807) is 18.2 Å². The maximum absolute atomic E-state index is 11.4. The van der Waals surface area contributed by atoms with E-state index in [0.29, 0.717) is 22.4 Å². The number of hydrogen-bond donors (Lipinski definition) is 0. The van der Waals surface area contributed by atoms with Crippen molar-refractivity contribution in [1.29, 1.82) is 0 Å². The van der Waals surface area contributed by atoms with Gasteiger partial charge in [0.05, 0.1) is 19.7 Å². The van der Waals surface area contributed by atoms with Gasteiger partial charge in [0, 0.05) is 28.1 Å². The van der Waals surface area contributed by atoms with Crippen molar-refractivity contribution in [2.24, 2.45) is 5.11 Å². The Morgan fingerprint density at radius 2 is 1.95 bits per heavy atom. The molecule has 96 valence electrons.